The Morgan fingerprint density at radius 3 is 2.54 bits per heavy atom. The molecule has 0 bridgehead atoms. The van der Waals surface area contributed by atoms with E-state index in [2.05, 4.69) is 6.92 Å². The van der Waals surface area contributed by atoms with Crippen molar-refractivity contribution in [3.05, 3.63) is 65.7 Å². The van der Waals surface area contributed by atoms with E-state index in [1.54, 1.807) is 30.3 Å². The molecular weight excluding hydrogens is 328 g/mol. The maximum Gasteiger partial charge on any atom is 0.347 e. The Morgan fingerprint density at radius 1 is 1.04 bits per heavy atom. The number of carbonyl (C=O) groups is 1. The van der Waals surface area contributed by atoms with Gasteiger partial charge in [0.2, 0.25) is 0 Å². The third kappa shape index (κ3) is 3.64. The van der Waals surface area contributed by atoms with Gasteiger partial charge in [-0.2, -0.15) is 0 Å². The molecule has 1 N–H and O–H groups in total. The van der Waals surface area contributed by atoms with Gasteiger partial charge in [-0.1, -0.05) is 43.7 Å². The number of para-hydroxylation sites is 1. The fourth-order valence-corrected chi connectivity index (χ4v) is 2.87. The second-order valence-electron chi connectivity index (χ2n) is 6.17. The van der Waals surface area contributed by atoms with Crippen LogP contribution in [0.4, 0.5) is 0 Å². The van der Waals surface area contributed by atoms with Gasteiger partial charge in [0, 0.05) is 10.8 Å². The van der Waals surface area contributed by atoms with E-state index in [0.717, 1.165) is 12.8 Å². The van der Waals surface area contributed by atoms with Crippen molar-refractivity contribution in [2.24, 2.45) is 0 Å². The van der Waals surface area contributed by atoms with Crippen molar-refractivity contribution in [2.75, 3.05) is 6.61 Å². The van der Waals surface area contributed by atoms with Crippen LogP contribution in [-0.4, -0.2) is 17.7 Å². The predicted octanol–water partition coefficient (Wildman–Crippen LogP) is 5.25. The van der Waals surface area contributed by atoms with E-state index in [-0.39, 0.29) is 5.75 Å². The van der Waals surface area contributed by atoms with Gasteiger partial charge in [-0.15, -0.1) is 0 Å². The number of esters is 1. The molecule has 3 aromatic rings. The molecule has 0 aromatic heterocycles. The Hall–Kier alpha value is -3.01. The Morgan fingerprint density at radius 2 is 1.81 bits per heavy atom. The number of unbranched alkanes of at least 4 members (excludes halogenated alkanes) is 1. The number of fused-ring (bicyclic) bond motifs is 1. The van der Waals surface area contributed by atoms with Crippen LogP contribution in [0, 0.1) is 6.92 Å². The largest absolute Gasteiger partial charge is 0.507 e. The van der Waals surface area contributed by atoms with E-state index in [0.29, 0.717) is 40.0 Å². The Balaban J connectivity index is 2.08. The molecule has 134 valence electrons. The lowest BCUT2D eigenvalue weighted by atomic mass is 9.99. The number of benzene rings is 3. The summed E-state index contributed by atoms with van der Waals surface area (Å²) in [5.74, 6) is 0.636. The first kappa shape index (κ1) is 17.8. The quantitative estimate of drug-likeness (QED) is 0.375. The topological polar surface area (TPSA) is 55.8 Å². The first-order valence-corrected chi connectivity index (χ1v) is 8.77. The summed E-state index contributed by atoms with van der Waals surface area (Å²) in [5, 5.41) is 11.5. The van der Waals surface area contributed by atoms with Gasteiger partial charge >= 0.3 is 5.97 Å². The number of phenols is 1. The van der Waals surface area contributed by atoms with Gasteiger partial charge < -0.3 is 14.6 Å². The van der Waals surface area contributed by atoms with Crippen LogP contribution in [0.15, 0.2) is 54.6 Å². The molecule has 0 aliphatic rings. The van der Waals surface area contributed by atoms with Crippen LogP contribution in [0.1, 0.15) is 35.7 Å². The highest BCUT2D eigenvalue weighted by molar-refractivity contribution is 6.05. The SMILES string of the molecule is CCCCOc1c(C(=O)Oc2ccccc2)c(C)cc2c(O)cccc12. The highest BCUT2D eigenvalue weighted by atomic mass is 16.5. The highest BCUT2D eigenvalue weighted by Gasteiger charge is 2.22. The van der Waals surface area contributed by atoms with Crippen molar-refractivity contribution < 1.29 is 19.4 Å². The summed E-state index contributed by atoms with van der Waals surface area (Å²) in [6, 6.07) is 16.0. The molecular formula is C22H22O4. The van der Waals surface area contributed by atoms with E-state index in [4.69, 9.17) is 9.47 Å². The summed E-state index contributed by atoms with van der Waals surface area (Å²) in [4.78, 5) is 12.9. The number of phenolic OH excluding ortho intramolecular Hbond substituents is 1. The molecule has 0 atom stereocenters. The molecule has 0 aliphatic heterocycles. The Labute approximate surface area is 153 Å². The Kier molecular flexibility index (Phi) is 5.42. The minimum Gasteiger partial charge on any atom is -0.507 e. The van der Waals surface area contributed by atoms with Crippen LogP contribution in [0.2, 0.25) is 0 Å². The molecule has 0 heterocycles. The van der Waals surface area contributed by atoms with Gasteiger partial charge in [-0.25, -0.2) is 4.79 Å². The molecule has 4 nitrogen and oxygen atoms in total. The van der Waals surface area contributed by atoms with Gasteiger partial charge in [-0.3, -0.25) is 0 Å². The molecule has 4 heteroatoms. The maximum atomic E-state index is 12.9. The zero-order valence-electron chi connectivity index (χ0n) is 15.0. The molecule has 0 fully saturated rings. The number of carbonyl (C=O) groups excluding carboxylic acids is 1. The molecule has 0 aliphatic carbocycles. The van der Waals surface area contributed by atoms with Gasteiger partial charge in [0.25, 0.3) is 0 Å². The van der Waals surface area contributed by atoms with Crippen molar-refractivity contribution in [1.29, 1.82) is 0 Å². The average Bonchev–Trinajstić information content (AvgIpc) is 2.63. The van der Waals surface area contributed by atoms with E-state index in [1.165, 1.54) is 0 Å². The number of aryl methyl sites for hydroxylation is 1. The van der Waals surface area contributed by atoms with Gasteiger partial charge in [0.15, 0.2) is 0 Å². The van der Waals surface area contributed by atoms with E-state index >= 15 is 0 Å². The molecule has 0 saturated carbocycles. The predicted molar refractivity (Wildman–Crippen MR) is 102 cm³/mol. The molecule has 3 aromatic carbocycles. The summed E-state index contributed by atoms with van der Waals surface area (Å²) in [6.45, 7) is 4.39. The maximum absolute atomic E-state index is 12.9. The summed E-state index contributed by atoms with van der Waals surface area (Å²) >= 11 is 0. The number of aromatic hydroxyl groups is 1. The number of rotatable bonds is 6. The normalized spacial score (nSPS) is 10.7. The molecule has 0 saturated heterocycles. The van der Waals surface area contributed by atoms with E-state index in [1.807, 2.05) is 31.2 Å². The zero-order chi connectivity index (χ0) is 18.5. The van der Waals surface area contributed by atoms with Crippen LogP contribution in [0.3, 0.4) is 0 Å². The molecule has 0 spiro atoms. The lowest BCUT2D eigenvalue weighted by Gasteiger charge is -2.17. The molecule has 3 rings (SSSR count). The van der Waals surface area contributed by atoms with Crippen molar-refractivity contribution in [1.82, 2.24) is 0 Å². The molecule has 0 amide bonds. The highest BCUT2D eigenvalue weighted by Crippen LogP contribution is 2.37. The lowest BCUT2D eigenvalue weighted by molar-refractivity contribution is 0.0729. The summed E-state index contributed by atoms with van der Waals surface area (Å²) in [7, 11) is 0. The second kappa shape index (κ2) is 7.91. The monoisotopic (exact) mass is 350 g/mol. The standard InChI is InChI=1S/C22H22O4/c1-3-4-13-25-21-17-11-8-12-19(23)18(17)14-15(2)20(21)22(24)26-16-9-6-5-7-10-16/h5-12,14,23H,3-4,13H2,1-2H3. The van der Waals surface area contributed by atoms with Crippen LogP contribution >= 0.6 is 0 Å². The van der Waals surface area contributed by atoms with Crippen molar-refractivity contribution in [2.45, 2.75) is 26.7 Å². The summed E-state index contributed by atoms with van der Waals surface area (Å²) in [5.41, 5.74) is 1.09. The minimum absolute atomic E-state index is 0.161. The second-order valence-corrected chi connectivity index (χ2v) is 6.17. The average molecular weight is 350 g/mol. The van der Waals surface area contributed by atoms with Gasteiger partial charge in [0.05, 0.1) is 6.61 Å². The zero-order valence-corrected chi connectivity index (χ0v) is 15.0. The molecule has 0 radical (unpaired) electrons. The van der Waals surface area contributed by atoms with Crippen LogP contribution in [-0.2, 0) is 0 Å². The molecule has 0 unspecified atom stereocenters. The van der Waals surface area contributed by atoms with E-state index in [9.17, 15) is 9.90 Å². The van der Waals surface area contributed by atoms with Crippen LogP contribution in [0.5, 0.6) is 17.2 Å². The Bertz CT molecular complexity index is 916. The fraction of sp³-hybridized carbons (Fsp3) is 0.227. The third-order valence-electron chi connectivity index (χ3n) is 4.21. The first-order valence-electron chi connectivity index (χ1n) is 8.77. The lowest BCUT2D eigenvalue weighted by Crippen LogP contribution is -2.13. The smallest absolute Gasteiger partial charge is 0.347 e. The van der Waals surface area contributed by atoms with Crippen molar-refractivity contribution in [3.8, 4) is 17.2 Å². The van der Waals surface area contributed by atoms with E-state index < -0.39 is 5.97 Å². The molecule has 26 heavy (non-hydrogen) atoms. The number of hydrogen-bond acceptors (Lipinski definition) is 4. The number of hydrogen-bond donors (Lipinski definition) is 1. The first-order chi connectivity index (χ1) is 12.6. The fourth-order valence-electron chi connectivity index (χ4n) is 2.87. The number of ether oxygens (including phenoxy) is 2. The summed E-state index contributed by atoms with van der Waals surface area (Å²) in [6.07, 6.45) is 1.86. The summed E-state index contributed by atoms with van der Waals surface area (Å²) < 4.78 is 11.5. The van der Waals surface area contributed by atoms with Gasteiger partial charge in [-0.05, 0) is 43.2 Å². The van der Waals surface area contributed by atoms with Crippen LogP contribution < -0.4 is 9.47 Å². The minimum atomic E-state index is -0.467. The van der Waals surface area contributed by atoms with Crippen molar-refractivity contribution in [3.63, 3.8) is 0 Å². The third-order valence-corrected chi connectivity index (χ3v) is 4.21. The van der Waals surface area contributed by atoms with Crippen molar-refractivity contribution >= 4 is 16.7 Å². The van der Waals surface area contributed by atoms with Crippen LogP contribution in [0.25, 0.3) is 10.8 Å². The van der Waals surface area contributed by atoms with Gasteiger partial charge in [0.1, 0.15) is 22.8 Å².